The Hall–Kier alpha value is -3.32. The van der Waals surface area contributed by atoms with Gasteiger partial charge < -0.3 is 24.2 Å². The molecule has 0 amide bonds. The van der Waals surface area contributed by atoms with Crippen molar-refractivity contribution in [3.05, 3.63) is 67.4 Å². The summed E-state index contributed by atoms with van der Waals surface area (Å²) in [6, 6.07) is 5.81. The Labute approximate surface area is 208 Å². The van der Waals surface area contributed by atoms with Gasteiger partial charge in [-0.1, -0.05) is 0 Å². The predicted octanol–water partition coefficient (Wildman–Crippen LogP) is 0.0630. The van der Waals surface area contributed by atoms with Gasteiger partial charge in [-0.25, -0.2) is 23.5 Å². The molecule has 1 radical (unpaired) electrons. The first-order valence-corrected chi connectivity index (χ1v) is 10.7. The number of sulfonamides is 1. The van der Waals surface area contributed by atoms with Crippen molar-refractivity contribution in [2.75, 3.05) is 4.90 Å². The number of carboxylic acid groups (broad SMARTS) is 2. The van der Waals surface area contributed by atoms with Gasteiger partial charge in [0.25, 0.3) is 0 Å². The Kier molecular flexibility index (Phi) is 10.8. The molecule has 4 N–H and O–H groups in total. The SMILES string of the molecule is NS(=O)(=O)c1ccc(N(Cc2nccn2CC(=O)O)Cc2nccn2CC(=O)O)cc1.[C-]#[O+].[Tc]. The van der Waals surface area contributed by atoms with E-state index in [1.54, 1.807) is 17.0 Å². The smallest absolute Gasteiger partial charge is 0 e. The zero-order valence-electron chi connectivity index (χ0n) is 17.5. The van der Waals surface area contributed by atoms with Crippen LogP contribution in [0.3, 0.4) is 0 Å². The molecule has 0 aliphatic carbocycles. The average molecular weight is 574 g/mol. The van der Waals surface area contributed by atoms with Gasteiger partial charge in [0.1, 0.15) is 24.7 Å². The van der Waals surface area contributed by atoms with Crippen molar-refractivity contribution >= 4 is 27.6 Å². The van der Waals surface area contributed by atoms with E-state index in [1.807, 2.05) is 0 Å². The number of hydrogen-bond acceptors (Lipinski definition) is 7. The predicted molar refractivity (Wildman–Crippen MR) is 111 cm³/mol. The van der Waals surface area contributed by atoms with Crippen LogP contribution >= 0.6 is 0 Å². The van der Waals surface area contributed by atoms with Gasteiger partial charge in [-0.2, -0.15) is 0 Å². The van der Waals surface area contributed by atoms with Crippen LogP contribution in [0, 0.1) is 6.65 Å². The second-order valence-corrected chi connectivity index (χ2v) is 8.19. The van der Waals surface area contributed by atoms with Gasteiger partial charge in [0.15, 0.2) is 0 Å². The molecule has 3 rings (SSSR count). The number of hydrogen-bond donors (Lipinski definition) is 3. The molecule has 0 bridgehead atoms. The number of aliphatic carboxylic acids is 2. The topological polar surface area (TPSA) is 194 Å². The van der Waals surface area contributed by atoms with Gasteiger partial charge in [-0.3, -0.25) is 9.59 Å². The molecule has 1 aromatic carbocycles. The number of benzene rings is 1. The zero-order chi connectivity index (χ0) is 24.6. The van der Waals surface area contributed by atoms with E-state index in [9.17, 15) is 18.0 Å². The van der Waals surface area contributed by atoms with E-state index >= 15 is 0 Å². The summed E-state index contributed by atoms with van der Waals surface area (Å²) in [6.07, 6.45) is 6.03. The monoisotopic (exact) mass is 573 g/mol. The molecule has 0 aliphatic heterocycles. The molecule has 15 heteroatoms. The molecule has 13 nitrogen and oxygen atoms in total. The van der Waals surface area contributed by atoms with Crippen LogP contribution in [0.4, 0.5) is 5.69 Å². The molecule has 0 fully saturated rings. The van der Waals surface area contributed by atoms with Gasteiger partial charge in [0.2, 0.25) is 10.0 Å². The minimum absolute atomic E-state index is 0. The molecular formula is C19H20N6O7STc. The number of anilines is 1. The average Bonchev–Trinajstić information content (AvgIpc) is 3.37. The van der Waals surface area contributed by atoms with Crippen LogP contribution in [-0.2, 0) is 70.5 Å². The van der Waals surface area contributed by atoms with Crippen molar-refractivity contribution < 1.29 is 53.0 Å². The maximum atomic E-state index is 11.5. The summed E-state index contributed by atoms with van der Waals surface area (Å²) in [7, 11) is -3.87. The fourth-order valence-corrected chi connectivity index (χ4v) is 3.50. The minimum Gasteiger partial charge on any atom is 0 e. The maximum absolute atomic E-state index is 11.5. The Morgan fingerprint density at radius 3 is 1.71 bits per heavy atom. The number of carboxylic acids is 2. The minimum atomic E-state index is -3.87. The van der Waals surface area contributed by atoms with E-state index in [-0.39, 0.29) is 51.2 Å². The number of imidazole rings is 2. The fraction of sp³-hybridized carbons (Fsp3) is 0.211. The van der Waals surface area contributed by atoms with Gasteiger partial charge >= 0.3 is 23.2 Å². The summed E-state index contributed by atoms with van der Waals surface area (Å²) < 4.78 is 33.5. The number of rotatable bonds is 10. The third kappa shape index (κ3) is 7.92. The summed E-state index contributed by atoms with van der Waals surface area (Å²) >= 11 is 0. The van der Waals surface area contributed by atoms with Gasteiger partial charge in [-0.15, -0.1) is 0 Å². The molecule has 0 saturated heterocycles. The first-order valence-electron chi connectivity index (χ1n) is 9.15. The summed E-state index contributed by atoms with van der Waals surface area (Å²) in [5, 5.41) is 23.3. The first kappa shape index (κ1) is 28.7. The number of primary sulfonamides is 1. The number of nitrogens with zero attached hydrogens (tertiary/aromatic N) is 5. The molecule has 2 heterocycles. The third-order valence-electron chi connectivity index (χ3n) is 4.41. The van der Waals surface area contributed by atoms with E-state index in [4.69, 9.17) is 20.0 Å². The van der Waals surface area contributed by atoms with E-state index in [1.165, 1.54) is 46.1 Å². The van der Waals surface area contributed by atoms with Crippen LogP contribution in [0.15, 0.2) is 53.9 Å². The second-order valence-electron chi connectivity index (χ2n) is 6.63. The summed E-state index contributed by atoms with van der Waals surface area (Å²) in [6.45, 7) is 4.27. The summed E-state index contributed by atoms with van der Waals surface area (Å²) in [4.78, 5) is 32.4. The van der Waals surface area contributed by atoms with Crippen LogP contribution < -0.4 is 10.0 Å². The van der Waals surface area contributed by atoms with E-state index in [0.717, 1.165) is 0 Å². The van der Waals surface area contributed by atoms with Gasteiger partial charge in [-0.05, 0) is 24.3 Å². The van der Waals surface area contributed by atoms with Gasteiger partial charge in [0.05, 0.1) is 18.0 Å². The fourth-order valence-electron chi connectivity index (χ4n) is 2.99. The standard InChI is InChI=1S/C18H20N6O6S.CO.Tc/c19-31(29,30)14-3-1-13(2-4-14)24(9-15-20-5-7-22(15)11-17(25)26)10-16-21-6-8-23(16)12-18(27)28;1-2;/h1-8H,9-12H2,(H,25,26)(H,27,28)(H2,19,29,30);;. The largest absolute Gasteiger partial charge is 0 e. The Morgan fingerprint density at radius 2 is 1.35 bits per heavy atom. The van der Waals surface area contributed by atoms with Crippen molar-refractivity contribution in [3.8, 4) is 0 Å². The van der Waals surface area contributed by atoms with E-state index in [0.29, 0.717) is 17.3 Å². The van der Waals surface area contributed by atoms with Crippen LogP contribution in [0.2, 0.25) is 0 Å². The van der Waals surface area contributed by atoms with Crippen molar-refractivity contribution in [1.82, 2.24) is 19.1 Å². The van der Waals surface area contributed by atoms with Crippen molar-refractivity contribution in [2.45, 2.75) is 31.1 Å². The second kappa shape index (κ2) is 12.8. The van der Waals surface area contributed by atoms with Crippen LogP contribution in [0.1, 0.15) is 11.6 Å². The van der Waals surface area contributed by atoms with Crippen LogP contribution in [0.5, 0.6) is 0 Å². The molecule has 0 unspecified atom stereocenters. The van der Waals surface area contributed by atoms with Gasteiger partial charge in [0, 0.05) is 50.6 Å². The van der Waals surface area contributed by atoms with Crippen molar-refractivity contribution in [3.63, 3.8) is 0 Å². The molecule has 3 aromatic rings. The number of carbonyl (C=O) groups is 2. The quantitative estimate of drug-likeness (QED) is 0.222. The zero-order valence-corrected chi connectivity index (χ0v) is 20.2. The molecule has 0 atom stereocenters. The number of nitrogens with two attached hydrogens (primary N) is 1. The number of aromatic nitrogens is 4. The molecule has 0 saturated carbocycles. The van der Waals surface area contributed by atoms with E-state index < -0.39 is 22.0 Å². The van der Waals surface area contributed by atoms with Crippen molar-refractivity contribution in [1.29, 1.82) is 0 Å². The Balaban J connectivity index is 0.00000188. The Morgan fingerprint density at radius 1 is 0.941 bits per heavy atom. The van der Waals surface area contributed by atoms with Crippen molar-refractivity contribution in [2.24, 2.45) is 5.14 Å². The third-order valence-corrected chi connectivity index (χ3v) is 5.34. The normalized spacial score (nSPS) is 10.4. The molecule has 181 valence electrons. The molecule has 0 aliphatic rings. The Bertz CT molecular complexity index is 1180. The molecule has 2 aromatic heterocycles. The first-order chi connectivity index (χ1) is 15.6. The van der Waals surface area contributed by atoms with E-state index in [2.05, 4.69) is 16.6 Å². The summed E-state index contributed by atoms with van der Waals surface area (Å²) in [5.41, 5.74) is 0.585. The summed E-state index contributed by atoms with van der Waals surface area (Å²) in [5.74, 6) is -1.15. The van der Waals surface area contributed by atoms with Crippen LogP contribution in [-0.4, -0.2) is 49.7 Å². The molecule has 0 spiro atoms. The molecule has 34 heavy (non-hydrogen) atoms. The maximum Gasteiger partial charge on any atom is 0 e. The molecular weight excluding hydrogens is 554 g/mol. The van der Waals surface area contributed by atoms with Crippen LogP contribution in [0.25, 0.3) is 0 Å².